The Balaban J connectivity index is 1.29. The Morgan fingerprint density at radius 3 is 1.92 bits per heavy atom. The highest BCUT2D eigenvalue weighted by Gasteiger charge is 2.21. The highest BCUT2D eigenvalue weighted by Crippen LogP contribution is 2.35. The molecule has 5 rings (SSSR count). The highest BCUT2D eigenvalue weighted by atomic mass is 19.1. The van der Waals surface area contributed by atoms with Crippen LogP contribution in [0.5, 0.6) is 5.75 Å². The molecule has 0 bridgehead atoms. The molecule has 4 heteroatoms. The van der Waals surface area contributed by atoms with E-state index in [0.717, 1.165) is 59.1 Å². The molecule has 0 fully saturated rings. The third-order valence-electron chi connectivity index (χ3n) is 7.18. The zero-order chi connectivity index (χ0) is 25.9. The maximum Gasteiger partial charge on any atom is 0.165 e. The van der Waals surface area contributed by atoms with Gasteiger partial charge in [0.1, 0.15) is 11.6 Å². The largest absolute Gasteiger partial charge is 0.487 e. The minimum atomic E-state index is -0.336. The zero-order valence-corrected chi connectivity index (χ0v) is 21.3. The van der Waals surface area contributed by atoms with Gasteiger partial charge in [-0.15, -0.1) is 0 Å². The molecule has 1 nitrogen and oxygen atoms in total. The molecule has 4 aromatic rings. The van der Waals surface area contributed by atoms with Gasteiger partial charge in [-0.05, 0) is 108 Å². The molecule has 0 saturated heterocycles. The van der Waals surface area contributed by atoms with Crippen LogP contribution >= 0.6 is 0 Å². The predicted molar refractivity (Wildman–Crippen MR) is 143 cm³/mol. The second-order valence-electron chi connectivity index (χ2n) is 9.97. The molecular formula is C33H31F3O. The number of ether oxygens (including phenoxy) is 1. The Bertz CT molecular complexity index is 1410. The van der Waals surface area contributed by atoms with E-state index in [-0.39, 0.29) is 23.6 Å². The first-order valence-electron chi connectivity index (χ1n) is 13.1. The van der Waals surface area contributed by atoms with Crippen molar-refractivity contribution in [3.8, 4) is 28.0 Å². The van der Waals surface area contributed by atoms with Gasteiger partial charge >= 0.3 is 0 Å². The van der Waals surface area contributed by atoms with Gasteiger partial charge in [-0.25, -0.2) is 13.2 Å². The SMILES string of the molecule is CCCc1ccc(CCc2ccc(-c3ccc(-c4cc(F)c5c(c4)CCC(C)O5)cc3)cc2F)c(F)c1. The molecule has 1 aliphatic rings. The Hall–Kier alpha value is -3.53. The van der Waals surface area contributed by atoms with E-state index in [2.05, 4.69) is 6.92 Å². The lowest BCUT2D eigenvalue weighted by Gasteiger charge is -2.24. The van der Waals surface area contributed by atoms with Gasteiger partial charge in [-0.3, -0.25) is 0 Å². The first-order valence-corrected chi connectivity index (χ1v) is 13.1. The molecule has 1 atom stereocenters. The molecule has 0 saturated carbocycles. The van der Waals surface area contributed by atoms with Crippen molar-refractivity contribution in [2.45, 2.75) is 58.5 Å². The number of benzene rings is 4. The molecule has 0 radical (unpaired) electrons. The van der Waals surface area contributed by atoms with Gasteiger partial charge in [-0.2, -0.15) is 0 Å². The molecular weight excluding hydrogens is 469 g/mol. The van der Waals surface area contributed by atoms with Gasteiger partial charge in [0.25, 0.3) is 0 Å². The second-order valence-corrected chi connectivity index (χ2v) is 9.97. The van der Waals surface area contributed by atoms with Gasteiger partial charge in [0.05, 0.1) is 6.10 Å². The average molecular weight is 501 g/mol. The minimum Gasteiger partial charge on any atom is -0.487 e. The van der Waals surface area contributed by atoms with E-state index in [9.17, 15) is 13.2 Å². The fourth-order valence-electron chi connectivity index (χ4n) is 5.05. The molecule has 190 valence electrons. The molecule has 1 unspecified atom stereocenters. The zero-order valence-electron chi connectivity index (χ0n) is 21.3. The first-order chi connectivity index (χ1) is 17.9. The van der Waals surface area contributed by atoms with Crippen molar-refractivity contribution in [3.05, 3.63) is 113 Å². The summed E-state index contributed by atoms with van der Waals surface area (Å²) in [5.41, 5.74) is 6.41. The Labute approximate surface area is 216 Å². The van der Waals surface area contributed by atoms with Gasteiger partial charge in [0.15, 0.2) is 11.6 Å². The van der Waals surface area contributed by atoms with Crippen LogP contribution < -0.4 is 4.74 Å². The lowest BCUT2D eigenvalue weighted by atomic mass is 9.95. The Kier molecular flexibility index (Phi) is 7.36. The number of rotatable bonds is 7. The van der Waals surface area contributed by atoms with Crippen LogP contribution in [0.2, 0.25) is 0 Å². The third kappa shape index (κ3) is 5.58. The summed E-state index contributed by atoms with van der Waals surface area (Å²) in [6, 6.07) is 21.8. The second kappa shape index (κ2) is 10.8. The van der Waals surface area contributed by atoms with E-state index in [0.29, 0.717) is 29.7 Å². The van der Waals surface area contributed by atoms with Crippen molar-refractivity contribution < 1.29 is 17.9 Å². The Morgan fingerprint density at radius 2 is 1.27 bits per heavy atom. The van der Waals surface area contributed by atoms with E-state index in [1.807, 2.05) is 55.5 Å². The summed E-state index contributed by atoms with van der Waals surface area (Å²) in [7, 11) is 0. The van der Waals surface area contributed by atoms with Crippen LogP contribution in [0.1, 0.15) is 48.9 Å². The summed E-state index contributed by atoms with van der Waals surface area (Å²) in [4.78, 5) is 0. The first kappa shape index (κ1) is 25.1. The molecule has 0 aliphatic carbocycles. The fraction of sp³-hybridized carbons (Fsp3) is 0.273. The van der Waals surface area contributed by atoms with Crippen LogP contribution in [0.3, 0.4) is 0 Å². The van der Waals surface area contributed by atoms with Crippen molar-refractivity contribution >= 4 is 0 Å². The van der Waals surface area contributed by atoms with Crippen LogP contribution in [0.15, 0.2) is 72.8 Å². The molecule has 37 heavy (non-hydrogen) atoms. The molecule has 0 aromatic heterocycles. The molecule has 1 aliphatic heterocycles. The fourth-order valence-corrected chi connectivity index (χ4v) is 5.05. The summed E-state index contributed by atoms with van der Waals surface area (Å²) < 4.78 is 49.7. The summed E-state index contributed by atoms with van der Waals surface area (Å²) in [5, 5.41) is 0. The number of hydrogen-bond donors (Lipinski definition) is 0. The Morgan fingerprint density at radius 1 is 0.676 bits per heavy atom. The number of aryl methyl sites for hydroxylation is 4. The maximum absolute atomic E-state index is 14.9. The summed E-state index contributed by atoms with van der Waals surface area (Å²) in [5.74, 6) is -0.483. The van der Waals surface area contributed by atoms with Crippen molar-refractivity contribution in [1.29, 1.82) is 0 Å². The highest BCUT2D eigenvalue weighted by molar-refractivity contribution is 5.71. The van der Waals surface area contributed by atoms with E-state index < -0.39 is 0 Å². The van der Waals surface area contributed by atoms with Crippen LogP contribution in [0, 0.1) is 17.5 Å². The van der Waals surface area contributed by atoms with E-state index in [1.165, 1.54) is 12.1 Å². The van der Waals surface area contributed by atoms with E-state index in [1.54, 1.807) is 12.1 Å². The maximum atomic E-state index is 14.9. The van der Waals surface area contributed by atoms with Crippen molar-refractivity contribution in [2.24, 2.45) is 0 Å². The predicted octanol–water partition coefficient (Wildman–Crippen LogP) is 8.89. The topological polar surface area (TPSA) is 9.23 Å². The van der Waals surface area contributed by atoms with Crippen LogP contribution in [-0.2, 0) is 25.7 Å². The molecule has 0 spiro atoms. The molecule has 0 N–H and O–H groups in total. The van der Waals surface area contributed by atoms with Gasteiger partial charge in [0.2, 0.25) is 0 Å². The van der Waals surface area contributed by atoms with Crippen molar-refractivity contribution in [3.63, 3.8) is 0 Å². The summed E-state index contributed by atoms with van der Waals surface area (Å²) in [6.45, 7) is 4.02. The smallest absolute Gasteiger partial charge is 0.165 e. The number of fused-ring (bicyclic) bond motifs is 1. The van der Waals surface area contributed by atoms with Crippen LogP contribution in [-0.4, -0.2) is 6.10 Å². The molecule has 4 aromatic carbocycles. The quantitative estimate of drug-likeness (QED) is 0.246. The number of hydrogen-bond acceptors (Lipinski definition) is 1. The average Bonchev–Trinajstić information content (AvgIpc) is 2.89. The molecule has 1 heterocycles. The standard InChI is InChI=1S/C33H31F3O/c1-3-4-22-6-8-25(30(34)17-22)13-14-26-15-16-27(19-31(26)35)23-9-11-24(12-10-23)29-18-28-7-5-21(2)37-33(28)32(36)20-29/h6,8-12,15-21H,3-5,7,13-14H2,1-2H3. The third-order valence-corrected chi connectivity index (χ3v) is 7.18. The molecule has 0 amide bonds. The summed E-state index contributed by atoms with van der Waals surface area (Å²) >= 11 is 0. The van der Waals surface area contributed by atoms with Gasteiger partial charge < -0.3 is 4.74 Å². The van der Waals surface area contributed by atoms with Crippen LogP contribution in [0.25, 0.3) is 22.3 Å². The van der Waals surface area contributed by atoms with Crippen molar-refractivity contribution in [1.82, 2.24) is 0 Å². The normalized spacial score (nSPS) is 14.8. The number of halogens is 3. The van der Waals surface area contributed by atoms with E-state index >= 15 is 0 Å². The minimum absolute atomic E-state index is 0.0252. The lowest BCUT2D eigenvalue weighted by Crippen LogP contribution is -2.19. The summed E-state index contributed by atoms with van der Waals surface area (Å²) in [6.07, 6.45) is 4.40. The monoisotopic (exact) mass is 500 g/mol. The van der Waals surface area contributed by atoms with Crippen molar-refractivity contribution in [2.75, 3.05) is 0 Å². The van der Waals surface area contributed by atoms with Gasteiger partial charge in [0, 0.05) is 0 Å². The lowest BCUT2D eigenvalue weighted by molar-refractivity contribution is 0.183. The van der Waals surface area contributed by atoms with E-state index in [4.69, 9.17) is 4.74 Å². The van der Waals surface area contributed by atoms with Gasteiger partial charge in [-0.1, -0.05) is 61.9 Å². The van der Waals surface area contributed by atoms with Crippen LogP contribution in [0.4, 0.5) is 13.2 Å².